The number of hydrogen-bond acceptors (Lipinski definition) is 2. The molecule has 0 saturated carbocycles. The summed E-state index contributed by atoms with van der Waals surface area (Å²) in [5.74, 6) is 0. The van der Waals surface area contributed by atoms with Gasteiger partial charge in [0.25, 0.3) is 0 Å². The minimum absolute atomic E-state index is 0.427. The molecule has 2 aromatic rings. The van der Waals surface area contributed by atoms with Crippen LogP contribution in [-0.4, -0.2) is 28.5 Å². The van der Waals surface area contributed by atoms with Gasteiger partial charge in [0.15, 0.2) is 0 Å². The summed E-state index contributed by atoms with van der Waals surface area (Å²) in [6, 6.07) is 8.03. The van der Waals surface area contributed by atoms with Gasteiger partial charge in [0.05, 0.1) is 11.2 Å². The summed E-state index contributed by atoms with van der Waals surface area (Å²) >= 11 is 0. The van der Waals surface area contributed by atoms with E-state index in [0.717, 1.165) is 29.7 Å². The van der Waals surface area contributed by atoms with Gasteiger partial charge in [-0.15, -0.1) is 0 Å². The number of piperidine rings is 1. The predicted molar refractivity (Wildman–Crippen MR) is 70.4 cm³/mol. The van der Waals surface area contributed by atoms with E-state index in [1.165, 1.54) is 0 Å². The van der Waals surface area contributed by atoms with Crippen molar-refractivity contribution < 1.29 is 4.39 Å². The van der Waals surface area contributed by atoms with Crippen molar-refractivity contribution >= 4 is 10.9 Å². The molecule has 0 atom stereocenters. The number of nitrogens with zero attached hydrogens (tertiary/aromatic N) is 2. The van der Waals surface area contributed by atoms with Crippen LogP contribution in [0, 0.1) is 0 Å². The Morgan fingerprint density at radius 1 is 1.33 bits per heavy atom. The fraction of sp³-hybridized carbons (Fsp3) is 0.500. The van der Waals surface area contributed by atoms with Crippen LogP contribution in [0.25, 0.3) is 10.9 Å². The van der Waals surface area contributed by atoms with Gasteiger partial charge in [-0.2, -0.15) is 5.10 Å². The predicted octanol–water partition coefficient (Wildman–Crippen LogP) is 2.21. The summed E-state index contributed by atoms with van der Waals surface area (Å²) < 4.78 is 16.5. The Balaban J connectivity index is 1.95. The minimum atomic E-state index is -1.09. The number of benzene rings is 1. The number of halogens is 1. The van der Waals surface area contributed by atoms with Crippen LogP contribution in [0.15, 0.2) is 24.3 Å². The van der Waals surface area contributed by atoms with Gasteiger partial charge in [0, 0.05) is 18.9 Å². The molecule has 0 aliphatic carbocycles. The van der Waals surface area contributed by atoms with Crippen molar-refractivity contribution in [3.05, 3.63) is 30.0 Å². The molecule has 1 fully saturated rings. The van der Waals surface area contributed by atoms with E-state index in [1.54, 1.807) is 0 Å². The molecule has 0 amide bonds. The molecule has 18 heavy (non-hydrogen) atoms. The SMILES string of the molecule is Cn1nc(CC2(F)CCNCC2)c2ccccc21. The van der Waals surface area contributed by atoms with Crippen LogP contribution < -0.4 is 5.32 Å². The van der Waals surface area contributed by atoms with Crippen molar-refractivity contribution in [1.82, 2.24) is 15.1 Å². The summed E-state index contributed by atoms with van der Waals surface area (Å²) in [7, 11) is 1.92. The average molecular weight is 247 g/mol. The molecule has 3 nitrogen and oxygen atoms in total. The first-order valence-corrected chi connectivity index (χ1v) is 6.48. The summed E-state index contributed by atoms with van der Waals surface area (Å²) in [4.78, 5) is 0. The number of para-hydroxylation sites is 1. The van der Waals surface area contributed by atoms with Crippen molar-refractivity contribution in [2.75, 3.05) is 13.1 Å². The van der Waals surface area contributed by atoms with Gasteiger partial charge in [-0.25, -0.2) is 4.39 Å². The highest BCUT2D eigenvalue weighted by Crippen LogP contribution is 2.30. The number of nitrogens with one attached hydrogen (secondary N) is 1. The van der Waals surface area contributed by atoms with Gasteiger partial charge >= 0.3 is 0 Å². The van der Waals surface area contributed by atoms with Crippen LogP contribution in [0.3, 0.4) is 0 Å². The quantitative estimate of drug-likeness (QED) is 0.881. The lowest BCUT2D eigenvalue weighted by molar-refractivity contribution is 0.115. The topological polar surface area (TPSA) is 29.9 Å². The van der Waals surface area contributed by atoms with Gasteiger partial charge in [-0.3, -0.25) is 4.68 Å². The van der Waals surface area contributed by atoms with Crippen LogP contribution in [0.2, 0.25) is 0 Å². The molecule has 0 spiro atoms. The Bertz CT molecular complexity index is 555. The number of alkyl halides is 1. The molecule has 1 N–H and O–H groups in total. The van der Waals surface area contributed by atoms with Crippen LogP contribution in [0.1, 0.15) is 18.5 Å². The fourth-order valence-corrected chi connectivity index (χ4v) is 2.77. The average Bonchev–Trinajstić information content (AvgIpc) is 2.67. The van der Waals surface area contributed by atoms with Gasteiger partial charge in [-0.1, -0.05) is 18.2 Å². The molecule has 4 heteroatoms. The Labute approximate surface area is 106 Å². The number of aryl methyl sites for hydroxylation is 1. The third kappa shape index (κ3) is 2.01. The number of rotatable bonds is 2. The van der Waals surface area contributed by atoms with E-state index < -0.39 is 5.67 Å². The molecule has 1 aromatic heterocycles. The number of aromatic nitrogens is 2. The van der Waals surface area contributed by atoms with Crippen molar-refractivity contribution in [1.29, 1.82) is 0 Å². The Morgan fingerprint density at radius 3 is 2.83 bits per heavy atom. The van der Waals surface area contributed by atoms with Gasteiger partial charge < -0.3 is 5.32 Å². The molecule has 1 aromatic carbocycles. The zero-order valence-corrected chi connectivity index (χ0v) is 10.6. The van der Waals surface area contributed by atoms with Crippen molar-refractivity contribution in [3.8, 4) is 0 Å². The largest absolute Gasteiger partial charge is 0.316 e. The van der Waals surface area contributed by atoms with E-state index >= 15 is 0 Å². The second-order valence-electron chi connectivity index (χ2n) is 5.17. The first-order valence-electron chi connectivity index (χ1n) is 6.48. The third-order valence-corrected chi connectivity index (χ3v) is 3.82. The Hall–Kier alpha value is -1.42. The Morgan fingerprint density at radius 2 is 2.06 bits per heavy atom. The summed E-state index contributed by atoms with van der Waals surface area (Å²) in [5.41, 5.74) is 0.866. The maximum Gasteiger partial charge on any atom is 0.119 e. The lowest BCUT2D eigenvalue weighted by Gasteiger charge is -2.29. The lowest BCUT2D eigenvalue weighted by atomic mass is 9.89. The van der Waals surface area contributed by atoms with Crippen molar-refractivity contribution in [2.24, 2.45) is 7.05 Å². The van der Waals surface area contributed by atoms with Gasteiger partial charge in [0.2, 0.25) is 0 Å². The molecule has 0 radical (unpaired) electrons. The smallest absolute Gasteiger partial charge is 0.119 e. The van der Waals surface area contributed by atoms with E-state index in [1.807, 2.05) is 36.0 Å². The molecule has 0 bridgehead atoms. The third-order valence-electron chi connectivity index (χ3n) is 3.82. The molecule has 3 rings (SSSR count). The standard InChI is InChI=1S/C14H18FN3/c1-18-13-5-3-2-4-11(13)12(17-18)10-14(15)6-8-16-9-7-14/h2-5,16H,6-10H2,1H3. The van der Waals surface area contributed by atoms with E-state index in [-0.39, 0.29) is 0 Å². The van der Waals surface area contributed by atoms with Gasteiger partial charge in [-0.05, 0) is 32.0 Å². The fourth-order valence-electron chi connectivity index (χ4n) is 2.77. The molecular weight excluding hydrogens is 229 g/mol. The monoisotopic (exact) mass is 247 g/mol. The summed E-state index contributed by atoms with van der Waals surface area (Å²) in [6.07, 6.45) is 1.59. The van der Waals surface area contributed by atoms with E-state index in [0.29, 0.717) is 19.3 Å². The van der Waals surface area contributed by atoms with Crippen LogP contribution in [-0.2, 0) is 13.5 Å². The molecule has 2 heterocycles. The highest BCUT2D eigenvalue weighted by molar-refractivity contribution is 5.81. The highest BCUT2D eigenvalue weighted by Gasteiger charge is 2.33. The molecular formula is C14H18FN3. The molecule has 1 saturated heterocycles. The molecule has 96 valence electrons. The second kappa shape index (κ2) is 4.35. The molecule has 1 aliphatic rings. The van der Waals surface area contributed by atoms with E-state index in [4.69, 9.17) is 0 Å². The number of hydrogen-bond donors (Lipinski definition) is 1. The minimum Gasteiger partial charge on any atom is -0.316 e. The number of fused-ring (bicyclic) bond motifs is 1. The van der Waals surface area contributed by atoms with E-state index in [9.17, 15) is 4.39 Å². The van der Waals surface area contributed by atoms with Crippen LogP contribution in [0.5, 0.6) is 0 Å². The first-order chi connectivity index (χ1) is 8.68. The van der Waals surface area contributed by atoms with Crippen LogP contribution >= 0.6 is 0 Å². The zero-order valence-electron chi connectivity index (χ0n) is 10.6. The maximum absolute atomic E-state index is 14.7. The van der Waals surface area contributed by atoms with E-state index in [2.05, 4.69) is 10.4 Å². The van der Waals surface area contributed by atoms with Gasteiger partial charge in [0.1, 0.15) is 5.67 Å². The zero-order chi connectivity index (χ0) is 12.6. The second-order valence-corrected chi connectivity index (χ2v) is 5.17. The molecule has 0 unspecified atom stereocenters. The summed E-state index contributed by atoms with van der Waals surface area (Å²) in [6.45, 7) is 1.53. The Kier molecular flexibility index (Phi) is 2.82. The summed E-state index contributed by atoms with van der Waals surface area (Å²) in [5, 5.41) is 8.77. The first kappa shape index (κ1) is 11.7. The maximum atomic E-state index is 14.7. The normalized spacial score (nSPS) is 19.2. The van der Waals surface area contributed by atoms with Crippen LogP contribution in [0.4, 0.5) is 4.39 Å². The van der Waals surface area contributed by atoms with Crippen molar-refractivity contribution in [3.63, 3.8) is 0 Å². The highest BCUT2D eigenvalue weighted by atomic mass is 19.1. The molecule has 1 aliphatic heterocycles. The lowest BCUT2D eigenvalue weighted by Crippen LogP contribution is -2.40. The van der Waals surface area contributed by atoms with Crippen molar-refractivity contribution in [2.45, 2.75) is 24.9 Å².